The quantitative estimate of drug-likeness (QED) is 0.279. The topological polar surface area (TPSA) is 0 Å². The molecule has 31 heavy (non-hydrogen) atoms. The van der Waals surface area contributed by atoms with E-state index in [1.54, 1.807) is 0 Å². The van der Waals surface area contributed by atoms with Crippen LogP contribution in [-0.4, -0.2) is 0 Å². The Morgan fingerprint density at radius 1 is 0.355 bits per heavy atom. The summed E-state index contributed by atoms with van der Waals surface area (Å²) in [5.41, 5.74) is 9.42. The third-order valence-corrected chi connectivity index (χ3v) is 6.04. The SMILES string of the molecule is Sc1c(-c2ccccc2)c(-c2ccccc2)cc(-c2ccccc2)c1-c1ccccc1. The second-order valence-corrected chi connectivity index (χ2v) is 7.98. The first-order valence-electron chi connectivity index (χ1n) is 10.4. The molecule has 0 saturated carbocycles. The zero-order chi connectivity index (χ0) is 21.0. The molecule has 0 spiro atoms. The second-order valence-electron chi connectivity index (χ2n) is 7.53. The first kappa shape index (κ1) is 19.4. The van der Waals surface area contributed by atoms with Crippen molar-refractivity contribution in [1.82, 2.24) is 0 Å². The highest BCUT2D eigenvalue weighted by molar-refractivity contribution is 7.80. The van der Waals surface area contributed by atoms with Crippen LogP contribution in [0.3, 0.4) is 0 Å². The van der Waals surface area contributed by atoms with E-state index in [-0.39, 0.29) is 0 Å². The number of hydrogen-bond acceptors (Lipinski definition) is 1. The van der Waals surface area contributed by atoms with Gasteiger partial charge in [-0.3, -0.25) is 0 Å². The highest BCUT2D eigenvalue weighted by Crippen LogP contribution is 2.47. The molecule has 0 aliphatic carbocycles. The fourth-order valence-electron chi connectivity index (χ4n) is 4.15. The van der Waals surface area contributed by atoms with Gasteiger partial charge in [0.05, 0.1) is 0 Å². The summed E-state index contributed by atoms with van der Waals surface area (Å²) in [5, 5.41) is 0. The molecule has 0 N–H and O–H groups in total. The lowest BCUT2D eigenvalue weighted by Crippen LogP contribution is -1.95. The molecule has 0 aromatic heterocycles. The summed E-state index contributed by atoms with van der Waals surface area (Å²) in [6.45, 7) is 0. The molecule has 0 nitrogen and oxygen atoms in total. The summed E-state index contributed by atoms with van der Waals surface area (Å²) in [4.78, 5) is 0.998. The van der Waals surface area contributed by atoms with Crippen molar-refractivity contribution in [1.29, 1.82) is 0 Å². The Morgan fingerprint density at radius 3 is 0.968 bits per heavy atom. The molecule has 5 aromatic rings. The van der Waals surface area contributed by atoms with Gasteiger partial charge in [0.1, 0.15) is 0 Å². The van der Waals surface area contributed by atoms with Crippen molar-refractivity contribution in [2.24, 2.45) is 0 Å². The maximum atomic E-state index is 5.17. The molecular formula is C30H22S. The summed E-state index contributed by atoms with van der Waals surface area (Å²) >= 11 is 5.17. The predicted octanol–water partition coefficient (Wildman–Crippen LogP) is 8.64. The number of benzene rings is 5. The summed E-state index contributed by atoms with van der Waals surface area (Å²) in [6, 6.07) is 44.6. The molecule has 0 atom stereocenters. The van der Waals surface area contributed by atoms with Gasteiger partial charge < -0.3 is 0 Å². The van der Waals surface area contributed by atoms with Crippen molar-refractivity contribution < 1.29 is 0 Å². The molecule has 0 amide bonds. The van der Waals surface area contributed by atoms with Crippen molar-refractivity contribution in [2.45, 2.75) is 4.90 Å². The van der Waals surface area contributed by atoms with Gasteiger partial charge >= 0.3 is 0 Å². The van der Waals surface area contributed by atoms with Crippen LogP contribution in [0.5, 0.6) is 0 Å². The highest BCUT2D eigenvalue weighted by Gasteiger charge is 2.20. The van der Waals surface area contributed by atoms with Crippen LogP contribution in [0.1, 0.15) is 0 Å². The minimum absolute atomic E-state index is 0.998. The van der Waals surface area contributed by atoms with E-state index in [4.69, 9.17) is 12.6 Å². The maximum Gasteiger partial charge on any atom is 0.0210 e. The van der Waals surface area contributed by atoms with Gasteiger partial charge in [-0.25, -0.2) is 0 Å². The van der Waals surface area contributed by atoms with Gasteiger partial charge in [-0.1, -0.05) is 121 Å². The van der Waals surface area contributed by atoms with E-state index in [1.807, 2.05) is 0 Å². The number of thiol groups is 1. The molecule has 148 valence electrons. The van der Waals surface area contributed by atoms with E-state index in [9.17, 15) is 0 Å². The first-order valence-corrected chi connectivity index (χ1v) is 10.9. The normalized spacial score (nSPS) is 10.7. The van der Waals surface area contributed by atoms with Gasteiger partial charge in [0.15, 0.2) is 0 Å². The van der Waals surface area contributed by atoms with Crippen molar-refractivity contribution in [3.63, 3.8) is 0 Å². The highest BCUT2D eigenvalue weighted by atomic mass is 32.1. The summed E-state index contributed by atoms with van der Waals surface area (Å²) in [6.07, 6.45) is 0. The zero-order valence-corrected chi connectivity index (χ0v) is 18.0. The van der Waals surface area contributed by atoms with E-state index in [1.165, 1.54) is 33.4 Å². The molecule has 5 aromatic carbocycles. The van der Waals surface area contributed by atoms with Gasteiger partial charge in [0.2, 0.25) is 0 Å². The van der Waals surface area contributed by atoms with E-state index in [0.717, 1.165) is 16.0 Å². The first-order chi connectivity index (χ1) is 15.3. The standard InChI is InChI=1S/C30H22S/c31-30-28(24-17-9-3-10-18-24)26(22-13-5-1-6-14-22)21-27(23-15-7-2-8-16-23)29(30)25-19-11-4-12-20-25/h1-21,31H. The molecule has 0 aliphatic heterocycles. The van der Waals surface area contributed by atoms with Gasteiger partial charge in [-0.05, 0) is 39.4 Å². The van der Waals surface area contributed by atoms with Crippen LogP contribution >= 0.6 is 12.6 Å². The zero-order valence-electron chi connectivity index (χ0n) is 17.1. The Labute approximate surface area is 189 Å². The molecule has 5 rings (SSSR count). The molecule has 0 unspecified atom stereocenters. The maximum absolute atomic E-state index is 5.17. The Balaban J connectivity index is 1.91. The summed E-state index contributed by atoms with van der Waals surface area (Å²) < 4.78 is 0. The van der Waals surface area contributed by atoms with Crippen LogP contribution in [0.25, 0.3) is 44.5 Å². The lowest BCUT2D eigenvalue weighted by molar-refractivity contribution is 1.43. The lowest BCUT2D eigenvalue weighted by Gasteiger charge is -2.21. The monoisotopic (exact) mass is 414 g/mol. The lowest BCUT2D eigenvalue weighted by atomic mass is 9.85. The van der Waals surface area contributed by atoms with Gasteiger partial charge in [0.25, 0.3) is 0 Å². The van der Waals surface area contributed by atoms with Gasteiger partial charge in [-0.2, -0.15) is 0 Å². The Kier molecular flexibility index (Phi) is 5.43. The van der Waals surface area contributed by atoms with E-state index < -0.39 is 0 Å². The molecule has 0 fully saturated rings. The van der Waals surface area contributed by atoms with Crippen molar-refractivity contribution >= 4 is 12.6 Å². The molecule has 1 heteroatoms. The van der Waals surface area contributed by atoms with Gasteiger partial charge in [0, 0.05) is 16.0 Å². The van der Waals surface area contributed by atoms with E-state index >= 15 is 0 Å². The minimum Gasteiger partial charge on any atom is -0.142 e. The third kappa shape index (κ3) is 3.81. The summed E-state index contributed by atoms with van der Waals surface area (Å²) in [5.74, 6) is 0. The van der Waals surface area contributed by atoms with Gasteiger partial charge in [-0.15, -0.1) is 12.6 Å². The Bertz CT molecular complexity index is 1190. The Hall–Kier alpha value is -3.55. The van der Waals surface area contributed by atoms with Crippen LogP contribution in [0.4, 0.5) is 0 Å². The van der Waals surface area contributed by atoms with E-state index in [0.29, 0.717) is 0 Å². The van der Waals surface area contributed by atoms with Crippen LogP contribution < -0.4 is 0 Å². The van der Waals surface area contributed by atoms with Crippen LogP contribution in [0.15, 0.2) is 132 Å². The summed E-state index contributed by atoms with van der Waals surface area (Å²) in [7, 11) is 0. The predicted molar refractivity (Wildman–Crippen MR) is 135 cm³/mol. The minimum atomic E-state index is 0.998. The largest absolute Gasteiger partial charge is 0.142 e. The average Bonchev–Trinajstić information content (AvgIpc) is 2.85. The molecule has 0 saturated heterocycles. The van der Waals surface area contributed by atoms with Crippen molar-refractivity contribution in [2.75, 3.05) is 0 Å². The van der Waals surface area contributed by atoms with Crippen LogP contribution in [0.2, 0.25) is 0 Å². The number of hydrogen-bond donors (Lipinski definition) is 1. The fourth-order valence-corrected chi connectivity index (χ4v) is 4.65. The Morgan fingerprint density at radius 2 is 0.645 bits per heavy atom. The molecule has 0 radical (unpaired) electrons. The molecule has 0 heterocycles. The van der Waals surface area contributed by atoms with E-state index in [2.05, 4.69) is 127 Å². The smallest absolute Gasteiger partial charge is 0.0210 e. The third-order valence-electron chi connectivity index (χ3n) is 5.60. The second kappa shape index (κ2) is 8.67. The molecule has 0 bridgehead atoms. The van der Waals surface area contributed by atoms with Crippen molar-refractivity contribution in [3.05, 3.63) is 127 Å². The molecule has 0 aliphatic rings. The number of rotatable bonds is 4. The fraction of sp³-hybridized carbons (Fsp3) is 0. The van der Waals surface area contributed by atoms with Crippen molar-refractivity contribution in [3.8, 4) is 44.5 Å². The molecular weight excluding hydrogens is 392 g/mol. The van der Waals surface area contributed by atoms with Crippen LogP contribution in [0, 0.1) is 0 Å². The van der Waals surface area contributed by atoms with Crippen LogP contribution in [-0.2, 0) is 0 Å². The average molecular weight is 415 g/mol.